The summed E-state index contributed by atoms with van der Waals surface area (Å²) in [6.45, 7) is 3.73. The van der Waals surface area contributed by atoms with Crippen LogP contribution in [0.5, 0.6) is 11.6 Å². The highest BCUT2D eigenvalue weighted by Gasteiger charge is 2.14. The first-order chi connectivity index (χ1) is 15.0. The van der Waals surface area contributed by atoms with Crippen LogP contribution in [0.1, 0.15) is 22.3 Å². The molecule has 0 saturated heterocycles. The second kappa shape index (κ2) is 8.10. The first-order valence-electron chi connectivity index (χ1n) is 9.41. The van der Waals surface area contributed by atoms with Gasteiger partial charge >= 0.3 is 0 Å². The number of aromatic nitrogens is 2. The van der Waals surface area contributed by atoms with Crippen molar-refractivity contribution in [2.45, 2.75) is 13.8 Å². The highest BCUT2D eigenvalue weighted by molar-refractivity contribution is 5.85. The molecule has 3 aromatic carbocycles. The Hall–Kier alpha value is -4.49. The Morgan fingerprint density at radius 1 is 0.935 bits per heavy atom. The van der Waals surface area contributed by atoms with E-state index < -0.39 is 5.82 Å². The molecular weight excluding hydrogens is 393 g/mol. The fourth-order valence-corrected chi connectivity index (χ4v) is 3.27. The average Bonchev–Trinajstić information content (AvgIpc) is 2.76. The maximum absolute atomic E-state index is 14.0. The van der Waals surface area contributed by atoms with Gasteiger partial charge in [0.05, 0.1) is 28.1 Å². The summed E-state index contributed by atoms with van der Waals surface area (Å²) in [6, 6.07) is 19.0. The third kappa shape index (κ3) is 3.98. The molecule has 1 N–H and O–H groups in total. The van der Waals surface area contributed by atoms with E-state index in [1.54, 1.807) is 24.3 Å². The van der Waals surface area contributed by atoms with Gasteiger partial charge in [0.25, 0.3) is 0 Å². The van der Waals surface area contributed by atoms with Gasteiger partial charge in [0.2, 0.25) is 11.8 Å². The molecule has 0 spiro atoms. The predicted octanol–water partition coefficient (Wildman–Crippen LogP) is 5.67. The third-order valence-electron chi connectivity index (χ3n) is 4.70. The van der Waals surface area contributed by atoms with Gasteiger partial charge in [-0.2, -0.15) is 15.5 Å². The Morgan fingerprint density at radius 3 is 2.35 bits per heavy atom. The van der Waals surface area contributed by atoms with Gasteiger partial charge in [-0.1, -0.05) is 12.1 Å². The Labute approximate surface area is 178 Å². The first-order valence-corrected chi connectivity index (χ1v) is 9.41. The molecule has 0 radical (unpaired) electrons. The monoisotopic (exact) mass is 409 g/mol. The van der Waals surface area contributed by atoms with E-state index in [2.05, 4.69) is 21.4 Å². The summed E-state index contributed by atoms with van der Waals surface area (Å²) in [7, 11) is 0. The van der Waals surface area contributed by atoms with Gasteiger partial charge in [0.15, 0.2) is 0 Å². The number of benzene rings is 3. The summed E-state index contributed by atoms with van der Waals surface area (Å²) >= 11 is 0. The normalized spacial score (nSPS) is 10.4. The molecule has 0 aliphatic heterocycles. The molecule has 0 fully saturated rings. The van der Waals surface area contributed by atoms with E-state index in [0.717, 1.165) is 11.1 Å². The number of ether oxygens (including phenoxy) is 1. The lowest BCUT2D eigenvalue weighted by atomic mass is 10.1. The van der Waals surface area contributed by atoms with Crippen LogP contribution in [0.3, 0.4) is 0 Å². The van der Waals surface area contributed by atoms with Crippen LogP contribution in [0.4, 0.5) is 16.0 Å². The molecule has 0 unspecified atom stereocenters. The zero-order valence-corrected chi connectivity index (χ0v) is 16.8. The number of para-hydroxylation sites is 1. The number of nitriles is 2. The molecule has 7 heteroatoms. The molecule has 6 nitrogen and oxygen atoms in total. The van der Waals surface area contributed by atoms with Gasteiger partial charge in [-0.15, -0.1) is 0 Å². The molecule has 0 saturated carbocycles. The molecule has 4 aromatic rings. The zero-order valence-electron chi connectivity index (χ0n) is 16.8. The van der Waals surface area contributed by atoms with E-state index in [-0.39, 0.29) is 11.5 Å². The lowest BCUT2D eigenvalue weighted by Crippen LogP contribution is -2.02. The fraction of sp³-hybridized carbons (Fsp3) is 0.0833. The molecule has 4 rings (SSSR count). The van der Waals surface area contributed by atoms with Gasteiger partial charge < -0.3 is 10.1 Å². The topological polar surface area (TPSA) is 94.6 Å². The van der Waals surface area contributed by atoms with Gasteiger partial charge in [0.1, 0.15) is 17.6 Å². The van der Waals surface area contributed by atoms with Crippen LogP contribution in [0.15, 0.2) is 54.6 Å². The number of nitrogens with zero attached hydrogens (tertiary/aromatic N) is 4. The van der Waals surface area contributed by atoms with Crippen LogP contribution in [-0.4, -0.2) is 9.97 Å². The minimum atomic E-state index is -0.631. The van der Waals surface area contributed by atoms with E-state index >= 15 is 0 Å². The van der Waals surface area contributed by atoms with Crippen molar-refractivity contribution in [3.8, 4) is 23.8 Å². The second-order valence-electron chi connectivity index (χ2n) is 6.95. The molecule has 150 valence electrons. The molecule has 0 amide bonds. The van der Waals surface area contributed by atoms with Crippen LogP contribution in [0.25, 0.3) is 10.9 Å². The quantitative estimate of drug-likeness (QED) is 0.467. The predicted molar refractivity (Wildman–Crippen MR) is 115 cm³/mol. The van der Waals surface area contributed by atoms with Crippen molar-refractivity contribution in [3.05, 3.63) is 82.7 Å². The summed E-state index contributed by atoms with van der Waals surface area (Å²) < 4.78 is 20.1. The lowest BCUT2D eigenvalue weighted by Gasteiger charge is -2.14. The van der Waals surface area contributed by atoms with Crippen LogP contribution >= 0.6 is 0 Å². The second-order valence-corrected chi connectivity index (χ2v) is 6.95. The number of hydrogen-bond acceptors (Lipinski definition) is 6. The van der Waals surface area contributed by atoms with Crippen molar-refractivity contribution in [2.75, 3.05) is 5.32 Å². The Bertz CT molecular complexity index is 1380. The molecule has 1 heterocycles. The summed E-state index contributed by atoms with van der Waals surface area (Å²) in [4.78, 5) is 8.98. The molecule has 0 aliphatic rings. The number of halogens is 1. The SMILES string of the molecule is Cc1cc(C#N)cc(C)c1Oc1nc(Nc2ccc(C#N)c(F)c2)nc2ccccc12. The molecule has 1 aromatic heterocycles. The van der Waals surface area contributed by atoms with Crippen molar-refractivity contribution >= 4 is 22.5 Å². The highest BCUT2D eigenvalue weighted by atomic mass is 19.1. The Kier molecular flexibility index (Phi) is 5.17. The molecule has 0 atom stereocenters. The van der Waals surface area contributed by atoms with E-state index in [0.29, 0.717) is 33.8 Å². The standard InChI is InChI=1S/C24H16FN5O/c1-14-9-16(12-26)10-15(2)22(14)31-23-19-5-3-4-6-21(19)29-24(30-23)28-18-8-7-17(13-27)20(25)11-18/h3-11H,1-2H3,(H,28,29,30). The van der Waals surface area contributed by atoms with E-state index in [1.165, 1.54) is 12.1 Å². The first kappa shape index (κ1) is 19.8. The molecular formula is C24H16FN5O. The van der Waals surface area contributed by atoms with Gasteiger partial charge in [-0.3, -0.25) is 0 Å². The van der Waals surface area contributed by atoms with Crippen molar-refractivity contribution in [1.29, 1.82) is 10.5 Å². The van der Waals surface area contributed by atoms with Gasteiger partial charge in [0, 0.05) is 5.69 Å². The summed E-state index contributed by atoms with van der Waals surface area (Å²) in [5, 5.41) is 21.8. The molecule has 0 aliphatic carbocycles. The van der Waals surface area contributed by atoms with Crippen molar-refractivity contribution in [2.24, 2.45) is 0 Å². The number of rotatable bonds is 4. The zero-order chi connectivity index (χ0) is 22.0. The Morgan fingerprint density at radius 2 is 1.68 bits per heavy atom. The van der Waals surface area contributed by atoms with Crippen LogP contribution < -0.4 is 10.1 Å². The molecule has 31 heavy (non-hydrogen) atoms. The summed E-state index contributed by atoms with van der Waals surface area (Å²) in [5.74, 6) is 0.534. The smallest absolute Gasteiger partial charge is 0.232 e. The minimum absolute atomic E-state index is 0.0410. The largest absolute Gasteiger partial charge is 0.438 e. The summed E-state index contributed by atoms with van der Waals surface area (Å²) in [6.07, 6.45) is 0. The summed E-state index contributed by atoms with van der Waals surface area (Å²) in [5.41, 5.74) is 3.18. The van der Waals surface area contributed by atoms with Gasteiger partial charge in [-0.25, -0.2) is 9.37 Å². The average molecular weight is 409 g/mol. The van der Waals surface area contributed by atoms with Crippen molar-refractivity contribution in [3.63, 3.8) is 0 Å². The number of nitrogens with one attached hydrogen (secondary N) is 1. The number of fused-ring (bicyclic) bond motifs is 1. The van der Waals surface area contributed by atoms with E-state index in [4.69, 9.17) is 10.00 Å². The minimum Gasteiger partial charge on any atom is -0.438 e. The Balaban J connectivity index is 1.77. The number of aryl methyl sites for hydroxylation is 2. The van der Waals surface area contributed by atoms with Gasteiger partial charge in [-0.05, 0) is 67.4 Å². The van der Waals surface area contributed by atoms with Crippen LogP contribution in [-0.2, 0) is 0 Å². The fourth-order valence-electron chi connectivity index (χ4n) is 3.27. The number of anilines is 2. The number of hydrogen-bond donors (Lipinski definition) is 1. The van der Waals surface area contributed by atoms with Crippen molar-refractivity contribution < 1.29 is 9.13 Å². The maximum Gasteiger partial charge on any atom is 0.232 e. The van der Waals surface area contributed by atoms with Crippen molar-refractivity contribution in [1.82, 2.24) is 9.97 Å². The van der Waals surface area contributed by atoms with E-state index in [9.17, 15) is 9.65 Å². The lowest BCUT2D eigenvalue weighted by molar-refractivity contribution is 0.462. The highest BCUT2D eigenvalue weighted by Crippen LogP contribution is 2.33. The third-order valence-corrected chi connectivity index (χ3v) is 4.70. The van der Waals surface area contributed by atoms with E-state index in [1.807, 2.05) is 38.1 Å². The van der Waals surface area contributed by atoms with Crippen LogP contribution in [0.2, 0.25) is 0 Å². The van der Waals surface area contributed by atoms with Crippen LogP contribution in [0, 0.1) is 42.3 Å². The maximum atomic E-state index is 14.0. The molecule has 0 bridgehead atoms.